The van der Waals surface area contributed by atoms with E-state index in [1.54, 1.807) is 18.9 Å². The normalized spacial score (nSPS) is 20.1. The molecule has 1 atom stereocenters. The first-order valence-electron chi connectivity index (χ1n) is 4.58. The fourth-order valence-electron chi connectivity index (χ4n) is 1.39. The molecule has 0 bridgehead atoms. The molecule has 1 heterocycles. The molecule has 0 aromatic heterocycles. The summed E-state index contributed by atoms with van der Waals surface area (Å²) in [7, 11) is 1.61. The van der Waals surface area contributed by atoms with Crippen molar-refractivity contribution in [3.63, 3.8) is 0 Å². The lowest BCUT2D eigenvalue weighted by Gasteiger charge is -2.13. The highest BCUT2D eigenvalue weighted by atomic mass is 32.2. The van der Waals surface area contributed by atoms with Crippen molar-refractivity contribution in [3.8, 4) is 0 Å². The van der Waals surface area contributed by atoms with E-state index in [9.17, 15) is 0 Å². The second kappa shape index (κ2) is 4.65. The van der Waals surface area contributed by atoms with Gasteiger partial charge in [0.25, 0.3) is 0 Å². The van der Waals surface area contributed by atoms with E-state index in [-0.39, 0.29) is 6.10 Å². The number of fused-ring (bicyclic) bond motifs is 1. The van der Waals surface area contributed by atoms with Gasteiger partial charge >= 0.3 is 0 Å². The maximum Gasteiger partial charge on any atom is 0.156 e. The minimum atomic E-state index is -0.201. The minimum Gasteiger partial charge on any atom is -0.373 e. The number of nitrogens with one attached hydrogen (secondary N) is 1. The third-order valence-corrected chi connectivity index (χ3v) is 3.33. The number of aliphatic imine (C=N–C) groups is 1. The molecule has 80 valence electrons. The Kier molecular flexibility index (Phi) is 3.25. The third kappa shape index (κ3) is 2.14. The van der Waals surface area contributed by atoms with E-state index in [0.29, 0.717) is 5.84 Å². The summed E-state index contributed by atoms with van der Waals surface area (Å²) < 4.78 is 5.23. The van der Waals surface area contributed by atoms with Gasteiger partial charge in [-0.05, 0) is 12.1 Å². The van der Waals surface area contributed by atoms with Gasteiger partial charge in [0.1, 0.15) is 6.10 Å². The number of hydroxylamine groups is 1. The van der Waals surface area contributed by atoms with Crippen LogP contribution in [0.3, 0.4) is 0 Å². The number of rotatable bonds is 1. The Morgan fingerprint density at radius 2 is 2.33 bits per heavy atom. The Balaban J connectivity index is 2.38. The average molecular weight is 224 g/mol. The maximum absolute atomic E-state index is 8.97. The summed E-state index contributed by atoms with van der Waals surface area (Å²) in [5, 5.41) is 8.97. The van der Waals surface area contributed by atoms with Crippen LogP contribution in [-0.2, 0) is 4.74 Å². The van der Waals surface area contributed by atoms with Gasteiger partial charge in [-0.15, -0.1) is 11.8 Å². The topological polar surface area (TPSA) is 53.8 Å². The maximum atomic E-state index is 8.97. The van der Waals surface area contributed by atoms with Crippen molar-refractivity contribution in [1.82, 2.24) is 5.48 Å². The summed E-state index contributed by atoms with van der Waals surface area (Å²) >= 11 is 1.67. The summed E-state index contributed by atoms with van der Waals surface area (Å²) in [6, 6.07) is 7.82. The van der Waals surface area contributed by atoms with Crippen LogP contribution >= 0.6 is 11.8 Å². The molecule has 0 aliphatic carbocycles. The molecule has 1 aliphatic heterocycles. The van der Waals surface area contributed by atoms with Gasteiger partial charge in [-0.1, -0.05) is 12.1 Å². The molecule has 2 rings (SSSR count). The van der Waals surface area contributed by atoms with Crippen molar-refractivity contribution in [2.75, 3.05) is 12.9 Å². The Labute approximate surface area is 92.3 Å². The second-order valence-corrected chi connectivity index (χ2v) is 4.17. The molecule has 1 aromatic carbocycles. The second-order valence-electron chi connectivity index (χ2n) is 3.11. The van der Waals surface area contributed by atoms with E-state index in [4.69, 9.17) is 9.94 Å². The van der Waals surface area contributed by atoms with Crippen LogP contribution in [0.5, 0.6) is 0 Å². The lowest BCUT2D eigenvalue weighted by atomic mass is 10.3. The number of ether oxygens (including phenoxy) is 1. The fourth-order valence-corrected chi connectivity index (χ4v) is 2.46. The first-order chi connectivity index (χ1) is 7.35. The number of thioether (sulfide) groups is 1. The largest absolute Gasteiger partial charge is 0.373 e. The van der Waals surface area contributed by atoms with Crippen LogP contribution in [0.25, 0.3) is 0 Å². The summed E-state index contributed by atoms with van der Waals surface area (Å²) in [6.07, 6.45) is -0.201. The van der Waals surface area contributed by atoms with Gasteiger partial charge in [0.2, 0.25) is 0 Å². The Hall–Kier alpha value is -1.04. The van der Waals surface area contributed by atoms with Gasteiger partial charge in [0.05, 0.1) is 5.69 Å². The first-order valence-corrected chi connectivity index (χ1v) is 5.57. The molecular weight excluding hydrogens is 212 g/mol. The quantitative estimate of drug-likeness (QED) is 0.714. The summed E-state index contributed by atoms with van der Waals surface area (Å²) in [6.45, 7) is 0. The zero-order chi connectivity index (χ0) is 10.7. The standard InChI is InChI=1S/C10H12N2O2S/c1-14-8-6-15-9-5-3-2-4-7(9)11-10(8)12-13/h2-5,8,13H,6H2,1H3,(H,11,12). The number of amidine groups is 1. The van der Waals surface area contributed by atoms with Crippen LogP contribution < -0.4 is 5.48 Å². The predicted molar refractivity (Wildman–Crippen MR) is 60.0 cm³/mol. The highest BCUT2D eigenvalue weighted by molar-refractivity contribution is 7.99. The van der Waals surface area contributed by atoms with Crippen LogP contribution in [0, 0.1) is 0 Å². The van der Waals surface area contributed by atoms with Crippen molar-refractivity contribution in [1.29, 1.82) is 0 Å². The van der Waals surface area contributed by atoms with Crippen molar-refractivity contribution < 1.29 is 9.94 Å². The van der Waals surface area contributed by atoms with Gasteiger partial charge in [0.15, 0.2) is 5.84 Å². The number of nitrogens with zero attached hydrogens (tertiary/aromatic N) is 1. The molecule has 4 nitrogen and oxygen atoms in total. The zero-order valence-corrected chi connectivity index (χ0v) is 9.12. The van der Waals surface area contributed by atoms with Crippen molar-refractivity contribution >= 4 is 23.3 Å². The number of hydrogen-bond acceptors (Lipinski definition) is 5. The van der Waals surface area contributed by atoms with E-state index < -0.39 is 0 Å². The van der Waals surface area contributed by atoms with Crippen molar-refractivity contribution in [2.24, 2.45) is 4.99 Å². The van der Waals surface area contributed by atoms with E-state index in [0.717, 1.165) is 16.3 Å². The van der Waals surface area contributed by atoms with Crippen LogP contribution in [0.15, 0.2) is 34.2 Å². The number of methoxy groups -OCH3 is 1. The SMILES string of the molecule is COC1CSc2ccccc2N=C1NO. The van der Waals surface area contributed by atoms with Crippen molar-refractivity contribution in [2.45, 2.75) is 11.0 Å². The van der Waals surface area contributed by atoms with Gasteiger partial charge < -0.3 is 4.74 Å². The number of para-hydroxylation sites is 1. The zero-order valence-electron chi connectivity index (χ0n) is 8.30. The van der Waals surface area contributed by atoms with Gasteiger partial charge in [-0.3, -0.25) is 10.7 Å². The van der Waals surface area contributed by atoms with Crippen LogP contribution in [0.2, 0.25) is 0 Å². The van der Waals surface area contributed by atoms with Gasteiger partial charge in [0, 0.05) is 17.8 Å². The molecule has 0 saturated carbocycles. The molecule has 1 unspecified atom stereocenters. The highest BCUT2D eigenvalue weighted by Gasteiger charge is 2.20. The molecule has 1 aromatic rings. The molecule has 0 radical (unpaired) electrons. The molecule has 1 aliphatic rings. The third-order valence-electron chi connectivity index (χ3n) is 2.20. The minimum absolute atomic E-state index is 0.201. The smallest absolute Gasteiger partial charge is 0.156 e. The summed E-state index contributed by atoms with van der Waals surface area (Å²) in [4.78, 5) is 5.42. The molecule has 0 saturated heterocycles. The fraction of sp³-hybridized carbons (Fsp3) is 0.300. The molecule has 5 heteroatoms. The molecule has 0 amide bonds. The Morgan fingerprint density at radius 1 is 1.53 bits per heavy atom. The number of benzene rings is 1. The average Bonchev–Trinajstić information content (AvgIpc) is 2.47. The van der Waals surface area contributed by atoms with Gasteiger partial charge in [-0.25, -0.2) is 4.99 Å². The lowest BCUT2D eigenvalue weighted by Crippen LogP contribution is -2.35. The van der Waals surface area contributed by atoms with E-state index in [2.05, 4.69) is 10.5 Å². The molecular formula is C10H12N2O2S. The van der Waals surface area contributed by atoms with Crippen LogP contribution in [-0.4, -0.2) is 30.0 Å². The van der Waals surface area contributed by atoms with E-state index >= 15 is 0 Å². The molecule has 0 fully saturated rings. The summed E-state index contributed by atoms with van der Waals surface area (Å²) in [5.41, 5.74) is 2.96. The Morgan fingerprint density at radius 3 is 3.07 bits per heavy atom. The molecule has 2 N–H and O–H groups in total. The highest BCUT2D eigenvalue weighted by Crippen LogP contribution is 2.32. The van der Waals surface area contributed by atoms with Crippen molar-refractivity contribution in [3.05, 3.63) is 24.3 Å². The van der Waals surface area contributed by atoms with Crippen LogP contribution in [0.4, 0.5) is 5.69 Å². The predicted octanol–water partition coefficient (Wildman–Crippen LogP) is 1.82. The van der Waals surface area contributed by atoms with E-state index in [1.165, 1.54) is 0 Å². The van der Waals surface area contributed by atoms with Crippen LogP contribution in [0.1, 0.15) is 0 Å². The lowest BCUT2D eigenvalue weighted by molar-refractivity contribution is 0.150. The number of hydrogen-bond donors (Lipinski definition) is 2. The monoisotopic (exact) mass is 224 g/mol. The summed E-state index contributed by atoms with van der Waals surface area (Å²) in [5.74, 6) is 1.19. The first kappa shape index (κ1) is 10.5. The van der Waals surface area contributed by atoms with E-state index in [1.807, 2.05) is 24.3 Å². The Bertz CT molecular complexity index is 381. The molecule has 0 spiro atoms. The molecule has 15 heavy (non-hydrogen) atoms. The van der Waals surface area contributed by atoms with Gasteiger partial charge in [-0.2, -0.15) is 0 Å².